The number of nitrogens with zero attached hydrogens (tertiary/aromatic N) is 3. The van der Waals surface area contributed by atoms with E-state index in [-0.39, 0.29) is 23.5 Å². The van der Waals surface area contributed by atoms with Crippen molar-refractivity contribution < 1.29 is 5.11 Å². The molecule has 0 aromatic carbocycles. The summed E-state index contributed by atoms with van der Waals surface area (Å²) in [7, 11) is 0. The van der Waals surface area contributed by atoms with Gasteiger partial charge in [-0.15, -0.1) is 0 Å². The van der Waals surface area contributed by atoms with Crippen LogP contribution < -0.4 is 11.1 Å². The molecule has 1 fully saturated rings. The number of nitrogens with two attached hydrogens (primary N) is 1. The highest BCUT2D eigenvalue weighted by Gasteiger charge is 2.47. The molecule has 2 aromatic heterocycles. The van der Waals surface area contributed by atoms with E-state index in [1.165, 1.54) is 0 Å². The molecule has 0 bridgehead atoms. The highest BCUT2D eigenvalue weighted by molar-refractivity contribution is 5.87. The fourth-order valence-corrected chi connectivity index (χ4v) is 2.27. The third-order valence-electron chi connectivity index (χ3n) is 3.85. The maximum Gasteiger partial charge on any atom is 0.224 e. The van der Waals surface area contributed by atoms with Gasteiger partial charge in [0.1, 0.15) is 5.82 Å². The molecule has 0 aliphatic heterocycles. The molecule has 0 saturated heterocycles. The maximum atomic E-state index is 9.74. The van der Waals surface area contributed by atoms with Gasteiger partial charge in [-0.3, -0.25) is 5.10 Å². The molecule has 0 radical (unpaired) electrons. The van der Waals surface area contributed by atoms with Gasteiger partial charge in [0.05, 0.1) is 17.7 Å². The Hall–Kier alpha value is -1.89. The van der Waals surface area contributed by atoms with Gasteiger partial charge < -0.3 is 16.2 Å². The van der Waals surface area contributed by atoms with E-state index in [2.05, 4.69) is 25.5 Å². The van der Waals surface area contributed by atoms with Crippen molar-refractivity contribution >= 4 is 22.8 Å². The Morgan fingerprint density at radius 1 is 1.50 bits per heavy atom. The molecule has 0 spiro atoms. The van der Waals surface area contributed by atoms with E-state index in [0.29, 0.717) is 17.9 Å². The zero-order valence-electron chi connectivity index (χ0n) is 10.3. The fraction of sp³-hybridized carbons (Fsp3) is 0.545. The van der Waals surface area contributed by atoms with E-state index in [1.54, 1.807) is 6.20 Å². The van der Waals surface area contributed by atoms with Gasteiger partial charge >= 0.3 is 0 Å². The third-order valence-corrected chi connectivity index (χ3v) is 3.85. The number of hydrogen-bond acceptors (Lipinski definition) is 6. The Kier molecular flexibility index (Phi) is 2.21. The maximum absolute atomic E-state index is 9.74. The van der Waals surface area contributed by atoms with Crippen molar-refractivity contribution in [1.82, 2.24) is 20.2 Å². The summed E-state index contributed by atoms with van der Waals surface area (Å²) in [5, 5.41) is 20.6. The van der Waals surface area contributed by atoms with E-state index in [4.69, 9.17) is 5.73 Å². The Labute approximate surface area is 104 Å². The Balaban J connectivity index is 1.93. The average molecular weight is 248 g/mol. The highest BCUT2D eigenvalue weighted by atomic mass is 16.3. The summed E-state index contributed by atoms with van der Waals surface area (Å²) in [6.07, 6.45) is 2.09. The van der Waals surface area contributed by atoms with Crippen LogP contribution >= 0.6 is 0 Å². The predicted molar refractivity (Wildman–Crippen MR) is 67.9 cm³/mol. The zero-order valence-corrected chi connectivity index (χ0v) is 10.3. The number of aliphatic hydroxyl groups excluding tert-OH is 1. The molecule has 2 aromatic rings. The molecular weight excluding hydrogens is 232 g/mol. The number of nitrogens with one attached hydrogen (secondary N) is 2. The molecule has 18 heavy (non-hydrogen) atoms. The molecule has 2 heterocycles. The van der Waals surface area contributed by atoms with Gasteiger partial charge in [0.15, 0.2) is 5.65 Å². The molecular formula is C11H16N6O. The number of aliphatic hydroxyl groups is 1. The summed E-state index contributed by atoms with van der Waals surface area (Å²) in [4.78, 5) is 8.26. The number of aromatic amines is 1. The van der Waals surface area contributed by atoms with Crippen molar-refractivity contribution in [2.75, 3.05) is 11.1 Å². The summed E-state index contributed by atoms with van der Waals surface area (Å²) in [6.45, 7) is 4.05. The largest absolute Gasteiger partial charge is 0.392 e. The molecule has 96 valence electrons. The van der Waals surface area contributed by atoms with E-state index >= 15 is 0 Å². The van der Waals surface area contributed by atoms with Crippen LogP contribution in [0.1, 0.15) is 20.3 Å². The molecule has 0 amide bonds. The normalized spacial score (nSPS) is 25.9. The van der Waals surface area contributed by atoms with Crippen molar-refractivity contribution in [3.8, 4) is 0 Å². The SMILES string of the molecule is CC1(C)C(O)CC1Nc1nc(N)nc2[nH]ncc12. The van der Waals surface area contributed by atoms with Gasteiger partial charge in [0.25, 0.3) is 0 Å². The first-order valence-corrected chi connectivity index (χ1v) is 5.89. The lowest BCUT2D eigenvalue weighted by Gasteiger charge is -2.49. The molecule has 1 aliphatic rings. The average Bonchev–Trinajstić information content (AvgIpc) is 2.76. The first-order valence-electron chi connectivity index (χ1n) is 5.89. The van der Waals surface area contributed by atoms with Crippen LogP contribution in [0.4, 0.5) is 11.8 Å². The van der Waals surface area contributed by atoms with E-state index < -0.39 is 0 Å². The minimum Gasteiger partial charge on any atom is -0.392 e. The quantitative estimate of drug-likeness (QED) is 0.616. The van der Waals surface area contributed by atoms with E-state index in [9.17, 15) is 5.11 Å². The van der Waals surface area contributed by atoms with Crippen molar-refractivity contribution in [2.45, 2.75) is 32.4 Å². The van der Waals surface area contributed by atoms with Crippen molar-refractivity contribution in [3.63, 3.8) is 0 Å². The summed E-state index contributed by atoms with van der Waals surface area (Å²) in [5.74, 6) is 0.864. The van der Waals surface area contributed by atoms with Gasteiger partial charge in [-0.05, 0) is 6.42 Å². The lowest BCUT2D eigenvalue weighted by Crippen LogP contribution is -2.57. The van der Waals surface area contributed by atoms with Crippen LogP contribution in [0.15, 0.2) is 6.20 Å². The van der Waals surface area contributed by atoms with Crippen LogP contribution in [0.25, 0.3) is 11.0 Å². The standard InChI is InChI=1S/C11H16N6O/c1-11(2)6(3-7(11)18)14-8-5-4-13-17-9(5)16-10(12)15-8/h4,6-7,18H,3H2,1-2H3,(H4,12,13,14,15,16,17). The third kappa shape index (κ3) is 1.51. The number of hydrogen-bond donors (Lipinski definition) is 4. The Morgan fingerprint density at radius 3 is 2.94 bits per heavy atom. The van der Waals surface area contributed by atoms with Gasteiger partial charge in [0.2, 0.25) is 5.95 Å². The monoisotopic (exact) mass is 248 g/mol. The van der Waals surface area contributed by atoms with Crippen LogP contribution in [-0.2, 0) is 0 Å². The minimum absolute atomic E-state index is 0.167. The second kappa shape index (κ2) is 3.55. The van der Waals surface area contributed by atoms with E-state index in [1.807, 2.05) is 13.8 Å². The van der Waals surface area contributed by atoms with Crippen LogP contribution in [-0.4, -0.2) is 37.4 Å². The highest BCUT2D eigenvalue weighted by Crippen LogP contribution is 2.42. The fourth-order valence-electron chi connectivity index (χ4n) is 2.27. The summed E-state index contributed by atoms with van der Waals surface area (Å²) in [6, 6.07) is 0.167. The van der Waals surface area contributed by atoms with Crippen LogP contribution in [0.2, 0.25) is 0 Å². The Bertz CT molecular complexity index is 592. The summed E-state index contributed by atoms with van der Waals surface area (Å²) >= 11 is 0. The molecule has 7 heteroatoms. The van der Waals surface area contributed by atoms with Gasteiger partial charge in [-0.1, -0.05) is 13.8 Å². The topological polar surface area (TPSA) is 113 Å². The summed E-state index contributed by atoms with van der Waals surface area (Å²) in [5.41, 5.74) is 6.10. The molecule has 3 rings (SSSR count). The van der Waals surface area contributed by atoms with E-state index in [0.717, 1.165) is 5.39 Å². The van der Waals surface area contributed by atoms with Crippen molar-refractivity contribution in [1.29, 1.82) is 0 Å². The predicted octanol–water partition coefficient (Wildman–Crippen LogP) is 0.506. The molecule has 2 atom stereocenters. The van der Waals surface area contributed by atoms with Crippen LogP contribution in [0.5, 0.6) is 0 Å². The lowest BCUT2D eigenvalue weighted by molar-refractivity contribution is -0.0511. The number of rotatable bonds is 2. The van der Waals surface area contributed by atoms with Crippen LogP contribution in [0, 0.1) is 5.41 Å². The van der Waals surface area contributed by atoms with Crippen molar-refractivity contribution in [3.05, 3.63) is 6.20 Å². The number of H-pyrrole nitrogens is 1. The Morgan fingerprint density at radius 2 is 2.28 bits per heavy atom. The zero-order chi connectivity index (χ0) is 12.9. The number of aromatic nitrogens is 4. The summed E-state index contributed by atoms with van der Waals surface area (Å²) < 4.78 is 0. The van der Waals surface area contributed by atoms with Gasteiger partial charge in [-0.25, -0.2) is 0 Å². The molecule has 1 aliphatic carbocycles. The van der Waals surface area contributed by atoms with Crippen LogP contribution in [0.3, 0.4) is 0 Å². The van der Waals surface area contributed by atoms with Crippen molar-refractivity contribution in [2.24, 2.45) is 5.41 Å². The number of fused-ring (bicyclic) bond motifs is 1. The minimum atomic E-state index is -0.283. The second-order valence-electron chi connectivity index (χ2n) is 5.33. The first kappa shape index (κ1) is 11.2. The molecule has 5 N–H and O–H groups in total. The number of nitrogen functional groups attached to an aromatic ring is 1. The lowest BCUT2D eigenvalue weighted by atomic mass is 9.64. The van der Waals surface area contributed by atoms with Gasteiger partial charge in [-0.2, -0.15) is 15.1 Å². The first-order chi connectivity index (χ1) is 8.48. The molecule has 2 unspecified atom stereocenters. The smallest absolute Gasteiger partial charge is 0.224 e. The number of anilines is 2. The molecule has 1 saturated carbocycles. The second-order valence-corrected chi connectivity index (χ2v) is 5.33. The van der Waals surface area contributed by atoms with Gasteiger partial charge in [0, 0.05) is 11.5 Å². The molecule has 7 nitrogen and oxygen atoms in total.